The van der Waals surface area contributed by atoms with Crippen molar-refractivity contribution in [3.8, 4) is 0 Å². The lowest BCUT2D eigenvalue weighted by molar-refractivity contribution is 0.191. The molecule has 2 N–H and O–H groups in total. The van der Waals surface area contributed by atoms with Gasteiger partial charge in [-0.2, -0.15) is 0 Å². The molecule has 1 saturated heterocycles. The summed E-state index contributed by atoms with van der Waals surface area (Å²) in [6.45, 7) is 7.19. The summed E-state index contributed by atoms with van der Waals surface area (Å²) in [7, 11) is 0. The van der Waals surface area contributed by atoms with Gasteiger partial charge in [-0.15, -0.1) is 0 Å². The minimum Gasteiger partial charge on any atom is -0.381 e. The molecule has 0 spiro atoms. The van der Waals surface area contributed by atoms with Gasteiger partial charge in [0.25, 0.3) is 0 Å². The molecule has 17 heavy (non-hydrogen) atoms. The number of benzene rings is 1. The number of para-hydroxylation sites is 1. The summed E-state index contributed by atoms with van der Waals surface area (Å²) in [6, 6.07) is 7.25. The Kier molecular flexibility index (Phi) is 4.34. The zero-order chi connectivity index (χ0) is 12.1. The van der Waals surface area contributed by atoms with Crippen molar-refractivity contribution in [3.05, 3.63) is 30.1 Å². The summed E-state index contributed by atoms with van der Waals surface area (Å²) in [5, 5.41) is 6.50. The molecule has 1 aliphatic heterocycles. The molecule has 1 aromatic carbocycles. The molecule has 1 unspecified atom stereocenters. The number of hydrogen-bond acceptors (Lipinski definition) is 3. The molecule has 0 aliphatic carbocycles. The summed E-state index contributed by atoms with van der Waals surface area (Å²) in [4.78, 5) is 2.42. The van der Waals surface area contributed by atoms with Gasteiger partial charge in [0.2, 0.25) is 0 Å². The Morgan fingerprint density at radius 2 is 2.06 bits per heavy atom. The second-order valence-corrected chi connectivity index (χ2v) is 4.50. The first-order valence-electron chi connectivity index (χ1n) is 6.20. The monoisotopic (exact) mass is 237 g/mol. The van der Waals surface area contributed by atoms with Crippen molar-refractivity contribution in [2.75, 3.05) is 38.0 Å². The maximum atomic E-state index is 13.4. The molecule has 4 heteroatoms. The Balaban J connectivity index is 1.83. The third-order valence-corrected chi connectivity index (χ3v) is 3.24. The maximum Gasteiger partial charge on any atom is 0.146 e. The van der Waals surface area contributed by atoms with Crippen molar-refractivity contribution in [1.82, 2.24) is 10.2 Å². The number of nitrogens with one attached hydrogen (secondary N) is 2. The largest absolute Gasteiger partial charge is 0.381 e. The van der Waals surface area contributed by atoms with E-state index in [2.05, 4.69) is 22.5 Å². The van der Waals surface area contributed by atoms with E-state index >= 15 is 0 Å². The lowest BCUT2D eigenvalue weighted by Gasteiger charge is -2.33. The van der Waals surface area contributed by atoms with Gasteiger partial charge in [0.05, 0.1) is 5.69 Å². The average molecular weight is 237 g/mol. The quantitative estimate of drug-likeness (QED) is 0.831. The fourth-order valence-corrected chi connectivity index (χ4v) is 2.11. The lowest BCUT2D eigenvalue weighted by Crippen LogP contribution is -2.49. The summed E-state index contributed by atoms with van der Waals surface area (Å²) in [5.41, 5.74) is 0.592. The molecule has 1 aromatic rings. The topological polar surface area (TPSA) is 27.3 Å². The highest BCUT2D eigenvalue weighted by Gasteiger charge is 2.16. The third kappa shape index (κ3) is 3.41. The second kappa shape index (κ2) is 5.98. The van der Waals surface area contributed by atoms with E-state index in [1.807, 2.05) is 6.07 Å². The number of halogens is 1. The van der Waals surface area contributed by atoms with Crippen LogP contribution in [0.1, 0.15) is 6.92 Å². The van der Waals surface area contributed by atoms with E-state index in [1.54, 1.807) is 12.1 Å². The molecule has 1 fully saturated rings. The van der Waals surface area contributed by atoms with Gasteiger partial charge in [0.15, 0.2) is 0 Å². The molecule has 1 atom stereocenters. The molecular weight excluding hydrogens is 217 g/mol. The van der Waals surface area contributed by atoms with E-state index in [4.69, 9.17) is 0 Å². The van der Waals surface area contributed by atoms with Crippen LogP contribution in [0.25, 0.3) is 0 Å². The molecule has 0 radical (unpaired) electrons. The van der Waals surface area contributed by atoms with Gasteiger partial charge in [-0.25, -0.2) is 4.39 Å². The van der Waals surface area contributed by atoms with Gasteiger partial charge in [-0.1, -0.05) is 12.1 Å². The Morgan fingerprint density at radius 1 is 1.35 bits per heavy atom. The predicted octanol–water partition coefficient (Wildman–Crippen LogP) is 1.53. The number of rotatable bonds is 4. The van der Waals surface area contributed by atoms with Crippen LogP contribution < -0.4 is 10.6 Å². The van der Waals surface area contributed by atoms with E-state index in [9.17, 15) is 4.39 Å². The van der Waals surface area contributed by atoms with Crippen molar-refractivity contribution in [2.24, 2.45) is 0 Å². The van der Waals surface area contributed by atoms with Crippen LogP contribution in [0.2, 0.25) is 0 Å². The Hall–Kier alpha value is -1.13. The maximum absolute atomic E-state index is 13.4. The highest BCUT2D eigenvalue weighted by atomic mass is 19.1. The minimum atomic E-state index is -0.181. The van der Waals surface area contributed by atoms with Gasteiger partial charge < -0.3 is 10.6 Å². The van der Waals surface area contributed by atoms with Crippen molar-refractivity contribution in [3.63, 3.8) is 0 Å². The first kappa shape index (κ1) is 12.3. The highest BCUT2D eigenvalue weighted by molar-refractivity contribution is 5.44. The van der Waals surface area contributed by atoms with Gasteiger partial charge in [-0.05, 0) is 19.1 Å². The van der Waals surface area contributed by atoms with E-state index < -0.39 is 0 Å². The standard InChI is InChI=1S/C13H20FN3/c1-11(17-8-6-15-7-9-17)10-16-13-5-3-2-4-12(13)14/h2-5,11,15-16H,6-10H2,1H3. The third-order valence-electron chi connectivity index (χ3n) is 3.24. The van der Waals surface area contributed by atoms with Gasteiger partial charge in [-0.3, -0.25) is 4.90 Å². The summed E-state index contributed by atoms with van der Waals surface area (Å²) < 4.78 is 13.4. The van der Waals surface area contributed by atoms with Crippen LogP contribution in [0.3, 0.4) is 0 Å². The minimum absolute atomic E-state index is 0.181. The predicted molar refractivity (Wildman–Crippen MR) is 68.8 cm³/mol. The van der Waals surface area contributed by atoms with E-state index in [1.165, 1.54) is 6.07 Å². The van der Waals surface area contributed by atoms with Crippen LogP contribution in [0.15, 0.2) is 24.3 Å². The van der Waals surface area contributed by atoms with E-state index in [-0.39, 0.29) is 5.82 Å². The van der Waals surface area contributed by atoms with Crippen molar-refractivity contribution in [2.45, 2.75) is 13.0 Å². The Bertz CT molecular complexity index is 350. The van der Waals surface area contributed by atoms with Crippen LogP contribution in [0.4, 0.5) is 10.1 Å². The average Bonchev–Trinajstić information content (AvgIpc) is 2.38. The summed E-state index contributed by atoms with van der Waals surface area (Å²) in [6.07, 6.45) is 0. The normalized spacial score (nSPS) is 18.9. The molecule has 0 amide bonds. The van der Waals surface area contributed by atoms with Crippen molar-refractivity contribution >= 4 is 5.69 Å². The summed E-state index contributed by atoms with van der Waals surface area (Å²) in [5.74, 6) is -0.181. The van der Waals surface area contributed by atoms with Crippen molar-refractivity contribution in [1.29, 1.82) is 0 Å². The van der Waals surface area contributed by atoms with Crippen LogP contribution >= 0.6 is 0 Å². The second-order valence-electron chi connectivity index (χ2n) is 4.50. The Labute approximate surface area is 102 Å². The van der Waals surface area contributed by atoms with Gasteiger partial charge in [0.1, 0.15) is 5.82 Å². The molecule has 2 rings (SSSR count). The van der Waals surface area contributed by atoms with Crippen LogP contribution in [0, 0.1) is 5.82 Å². The lowest BCUT2D eigenvalue weighted by atomic mass is 10.2. The zero-order valence-electron chi connectivity index (χ0n) is 10.2. The first-order chi connectivity index (χ1) is 8.27. The molecule has 1 aliphatic rings. The molecule has 94 valence electrons. The van der Waals surface area contributed by atoms with Gasteiger partial charge in [0, 0.05) is 38.8 Å². The SMILES string of the molecule is CC(CNc1ccccc1F)N1CCNCC1. The van der Waals surface area contributed by atoms with Crippen LogP contribution in [0.5, 0.6) is 0 Å². The molecule has 1 heterocycles. The van der Waals surface area contributed by atoms with Gasteiger partial charge >= 0.3 is 0 Å². The number of piperazine rings is 1. The number of nitrogens with zero attached hydrogens (tertiary/aromatic N) is 1. The van der Waals surface area contributed by atoms with Crippen LogP contribution in [-0.2, 0) is 0 Å². The molecule has 3 nitrogen and oxygen atoms in total. The molecule has 0 saturated carbocycles. The fraction of sp³-hybridized carbons (Fsp3) is 0.538. The summed E-state index contributed by atoms with van der Waals surface area (Å²) >= 11 is 0. The molecule has 0 bridgehead atoms. The van der Waals surface area contributed by atoms with E-state index in [0.717, 1.165) is 32.7 Å². The molecule has 0 aromatic heterocycles. The van der Waals surface area contributed by atoms with E-state index in [0.29, 0.717) is 11.7 Å². The highest BCUT2D eigenvalue weighted by Crippen LogP contribution is 2.13. The zero-order valence-corrected chi connectivity index (χ0v) is 10.2. The van der Waals surface area contributed by atoms with Crippen molar-refractivity contribution < 1.29 is 4.39 Å². The number of hydrogen-bond donors (Lipinski definition) is 2. The Morgan fingerprint density at radius 3 is 2.76 bits per heavy atom. The first-order valence-corrected chi connectivity index (χ1v) is 6.20. The molecular formula is C13H20FN3. The fourth-order valence-electron chi connectivity index (χ4n) is 2.11. The smallest absolute Gasteiger partial charge is 0.146 e. The van der Waals surface area contributed by atoms with Crippen LogP contribution in [-0.4, -0.2) is 43.7 Å². The number of anilines is 1.